The van der Waals surface area contributed by atoms with Crippen molar-refractivity contribution < 1.29 is 8.78 Å². The number of benzene rings is 2. The van der Waals surface area contributed by atoms with Gasteiger partial charge in [0.1, 0.15) is 17.1 Å². The smallest absolute Gasteiger partial charge is 0.144 e. The van der Waals surface area contributed by atoms with Crippen molar-refractivity contribution in [3.63, 3.8) is 0 Å². The lowest BCUT2D eigenvalue weighted by molar-refractivity contribution is 0.574. The molecule has 0 saturated carbocycles. The Kier molecular flexibility index (Phi) is 3.94. The Bertz CT molecular complexity index is 749. The van der Waals surface area contributed by atoms with Gasteiger partial charge >= 0.3 is 0 Å². The second-order valence-corrected chi connectivity index (χ2v) is 5.38. The maximum absolute atomic E-state index is 14.2. The first kappa shape index (κ1) is 14.7. The van der Waals surface area contributed by atoms with Crippen LogP contribution in [0.3, 0.4) is 0 Å². The molecule has 22 heavy (non-hydrogen) atoms. The van der Waals surface area contributed by atoms with E-state index in [0.717, 1.165) is 5.56 Å². The number of rotatable bonds is 2. The normalized spacial score (nSPS) is 18.0. The van der Waals surface area contributed by atoms with Crippen molar-refractivity contribution in [3.05, 3.63) is 71.3 Å². The summed E-state index contributed by atoms with van der Waals surface area (Å²) in [4.78, 5) is 0. The fourth-order valence-corrected chi connectivity index (χ4v) is 2.84. The van der Waals surface area contributed by atoms with E-state index in [9.17, 15) is 8.78 Å². The van der Waals surface area contributed by atoms with Crippen LogP contribution in [0.1, 0.15) is 18.1 Å². The van der Waals surface area contributed by atoms with Crippen LogP contribution >= 0.6 is 11.6 Å². The standard InChI is InChI=1S/C17H13ClF2N2/c1-10-14(11-6-3-2-4-7-11)16(17(18)22-21-10)15-12(19)8-5-9-13(15)20/h2-9,17,22H,1H3. The van der Waals surface area contributed by atoms with Crippen LogP contribution < -0.4 is 5.43 Å². The third-order valence-electron chi connectivity index (χ3n) is 3.52. The van der Waals surface area contributed by atoms with Crippen molar-refractivity contribution in [2.24, 2.45) is 5.10 Å². The molecule has 1 atom stereocenters. The Labute approximate surface area is 132 Å². The molecule has 1 aliphatic heterocycles. The first-order valence-corrected chi connectivity index (χ1v) is 7.21. The van der Waals surface area contributed by atoms with Crippen molar-refractivity contribution in [2.75, 3.05) is 0 Å². The maximum Gasteiger partial charge on any atom is 0.144 e. The third kappa shape index (κ3) is 2.50. The van der Waals surface area contributed by atoms with Crippen molar-refractivity contribution in [1.82, 2.24) is 5.43 Å². The van der Waals surface area contributed by atoms with Gasteiger partial charge in [-0.05, 0) is 24.6 Å². The minimum atomic E-state index is -0.815. The van der Waals surface area contributed by atoms with Gasteiger partial charge in [0.2, 0.25) is 0 Å². The molecule has 0 spiro atoms. The van der Waals surface area contributed by atoms with E-state index >= 15 is 0 Å². The van der Waals surface area contributed by atoms with Gasteiger partial charge in [0, 0.05) is 11.1 Å². The highest BCUT2D eigenvalue weighted by Crippen LogP contribution is 2.36. The lowest BCUT2D eigenvalue weighted by atomic mass is 9.90. The maximum atomic E-state index is 14.2. The molecule has 0 aromatic heterocycles. The molecule has 1 N–H and O–H groups in total. The van der Waals surface area contributed by atoms with Crippen molar-refractivity contribution in [3.8, 4) is 0 Å². The predicted molar refractivity (Wildman–Crippen MR) is 85.5 cm³/mol. The number of allylic oxidation sites excluding steroid dienone is 1. The number of nitrogens with one attached hydrogen (secondary N) is 1. The van der Waals surface area contributed by atoms with E-state index in [1.165, 1.54) is 18.2 Å². The van der Waals surface area contributed by atoms with Gasteiger partial charge in [0.05, 0.1) is 11.3 Å². The van der Waals surface area contributed by atoms with E-state index in [1.54, 1.807) is 6.92 Å². The minimum Gasteiger partial charge on any atom is -0.287 e. The molecule has 0 fully saturated rings. The highest BCUT2D eigenvalue weighted by molar-refractivity contribution is 6.37. The zero-order valence-electron chi connectivity index (χ0n) is 11.8. The summed E-state index contributed by atoms with van der Waals surface area (Å²) in [7, 11) is 0. The summed E-state index contributed by atoms with van der Waals surface area (Å²) in [6, 6.07) is 13.1. The second-order valence-electron chi connectivity index (χ2n) is 4.94. The second kappa shape index (κ2) is 5.89. The third-order valence-corrected chi connectivity index (χ3v) is 3.84. The van der Waals surface area contributed by atoms with Gasteiger partial charge in [-0.15, -0.1) is 0 Å². The molecule has 5 heteroatoms. The lowest BCUT2D eigenvalue weighted by Gasteiger charge is -2.25. The van der Waals surface area contributed by atoms with Gasteiger partial charge in [-0.3, -0.25) is 5.43 Å². The molecule has 0 amide bonds. The molecule has 0 bridgehead atoms. The Hall–Kier alpha value is -2.20. The zero-order valence-corrected chi connectivity index (χ0v) is 12.5. The number of hydrogen-bond donors (Lipinski definition) is 1. The summed E-state index contributed by atoms with van der Waals surface area (Å²) in [5.41, 5.74) is 4.20. The molecular weight excluding hydrogens is 306 g/mol. The zero-order chi connectivity index (χ0) is 15.7. The molecule has 2 aromatic carbocycles. The van der Waals surface area contributed by atoms with Gasteiger partial charge < -0.3 is 0 Å². The van der Waals surface area contributed by atoms with Gasteiger partial charge in [-0.25, -0.2) is 8.78 Å². The highest BCUT2D eigenvalue weighted by atomic mass is 35.5. The number of hydrogen-bond acceptors (Lipinski definition) is 2. The van der Waals surface area contributed by atoms with Crippen molar-refractivity contribution >= 4 is 28.5 Å². The van der Waals surface area contributed by atoms with E-state index < -0.39 is 17.1 Å². The van der Waals surface area contributed by atoms with E-state index in [4.69, 9.17) is 11.6 Å². The van der Waals surface area contributed by atoms with Gasteiger partial charge in [0.25, 0.3) is 0 Å². The van der Waals surface area contributed by atoms with E-state index in [2.05, 4.69) is 10.5 Å². The Morgan fingerprint density at radius 1 is 1.00 bits per heavy atom. The number of nitrogens with zero attached hydrogens (tertiary/aromatic N) is 1. The average molecular weight is 319 g/mol. The van der Waals surface area contributed by atoms with Crippen molar-refractivity contribution in [1.29, 1.82) is 0 Å². The van der Waals surface area contributed by atoms with Crippen LogP contribution in [0.25, 0.3) is 11.1 Å². The topological polar surface area (TPSA) is 24.4 Å². The number of hydrazone groups is 1. The van der Waals surface area contributed by atoms with Crippen molar-refractivity contribution in [2.45, 2.75) is 12.4 Å². The van der Waals surface area contributed by atoms with E-state index in [-0.39, 0.29) is 5.56 Å². The lowest BCUT2D eigenvalue weighted by Crippen LogP contribution is -2.28. The summed E-state index contributed by atoms with van der Waals surface area (Å²) in [5.74, 6) is -1.30. The van der Waals surface area contributed by atoms with Crippen LogP contribution in [0.5, 0.6) is 0 Å². The van der Waals surface area contributed by atoms with Crippen LogP contribution in [-0.2, 0) is 0 Å². The SMILES string of the molecule is CC1=NNC(Cl)C(c2c(F)cccc2F)=C1c1ccccc1. The summed E-state index contributed by atoms with van der Waals surface area (Å²) in [5, 5.41) is 4.14. The Morgan fingerprint density at radius 2 is 1.64 bits per heavy atom. The molecule has 3 rings (SSSR count). The van der Waals surface area contributed by atoms with Crippen LogP contribution in [-0.4, -0.2) is 11.2 Å². The molecule has 2 aromatic rings. The molecular formula is C17H13ClF2N2. The first-order valence-electron chi connectivity index (χ1n) is 6.78. The summed E-state index contributed by atoms with van der Waals surface area (Å²) < 4.78 is 28.4. The summed E-state index contributed by atoms with van der Waals surface area (Å²) >= 11 is 6.26. The van der Waals surface area contributed by atoms with Gasteiger partial charge in [-0.2, -0.15) is 5.10 Å². The molecule has 1 aliphatic rings. The van der Waals surface area contributed by atoms with Gasteiger partial charge in [0.15, 0.2) is 0 Å². The molecule has 112 valence electrons. The summed E-state index contributed by atoms with van der Waals surface area (Å²) in [6.45, 7) is 1.77. The Morgan fingerprint density at radius 3 is 2.27 bits per heavy atom. The fourth-order valence-electron chi connectivity index (χ4n) is 2.57. The largest absolute Gasteiger partial charge is 0.287 e. The highest BCUT2D eigenvalue weighted by Gasteiger charge is 2.28. The quantitative estimate of drug-likeness (QED) is 0.643. The molecule has 1 unspecified atom stereocenters. The molecule has 0 radical (unpaired) electrons. The van der Waals surface area contributed by atoms with Crippen LogP contribution in [0.4, 0.5) is 8.78 Å². The van der Waals surface area contributed by atoms with Crippen LogP contribution in [0.2, 0.25) is 0 Å². The molecule has 1 heterocycles. The minimum absolute atomic E-state index is 0.122. The van der Waals surface area contributed by atoms with Crippen LogP contribution in [0, 0.1) is 11.6 Å². The Balaban J connectivity index is 2.33. The summed E-state index contributed by atoms with van der Waals surface area (Å²) in [6.07, 6.45) is 0. The van der Waals surface area contributed by atoms with Gasteiger partial charge in [-0.1, -0.05) is 48.0 Å². The number of alkyl halides is 1. The molecule has 0 aliphatic carbocycles. The average Bonchev–Trinajstić information content (AvgIpc) is 2.51. The van der Waals surface area contributed by atoms with E-state index in [0.29, 0.717) is 16.9 Å². The molecule has 2 nitrogen and oxygen atoms in total. The first-order chi connectivity index (χ1) is 10.6. The van der Waals surface area contributed by atoms with E-state index in [1.807, 2.05) is 30.3 Å². The molecule has 0 saturated heterocycles. The predicted octanol–water partition coefficient (Wildman–Crippen LogP) is 4.42. The monoisotopic (exact) mass is 318 g/mol. The number of halogens is 3. The fraction of sp³-hybridized carbons (Fsp3) is 0.118. The van der Waals surface area contributed by atoms with Crippen LogP contribution in [0.15, 0.2) is 53.6 Å².